The predicted molar refractivity (Wildman–Crippen MR) is 149 cm³/mol. The average molecular weight is 613 g/mol. The van der Waals surface area contributed by atoms with Crippen LogP contribution in [0.3, 0.4) is 0 Å². The van der Waals surface area contributed by atoms with Crippen LogP contribution in [0.4, 0.5) is 33.6 Å². The van der Waals surface area contributed by atoms with Gasteiger partial charge in [0, 0.05) is 43.2 Å². The van der Waals surface area contributed by atoms with Crippen LogP contribution in [0, 0.1) is 12.8 Å². The number of halogens is 5. The Hall–Kier alpha value is -3.10. The fourth-order valence-electron chi connectivity index (χ4n) is 6.32. The van der Waals surface area contributed by atoms with Crippen LogP contribution in [0.2, 0.25) is 0 Å². The van der Waals surface area contributed by atoms with Crippen molar-refractivity contribution in [3.05, 3.63) is 45.8 Å². The largest absolute Gasteiger partial charge is 0.467 e. The molecular weight excluding hydrogens is 575 g/mol. The molecule has 2 N–H and O–H groups in total. The molecule has 4 aliphatic rings. The summed E-state index contributed by atoms with van der Waals surface area (Å²) in [6.07, 6.45) is -3.97. The highest BCUT2D eigenvalue weighted by atomic mass is 19.4. The molecule has 3 atom stereocenters. The second-order valence-corrected chi connectivity index (χ2v) is 11.5. The first-order chi connectivity index (χ1) is 20.4. The molecule has 0 aromatic carbocycles. The van der Waals surface area contributed by atoms with E-state index in [2.05, 4.69) is 31.7 Å². The molecule has 9 nitrogen and oxygen atoms in total. The SMILES string of the molecule is COc1nc2c(c(N3CCOCC(C)C3)n1)COC(c1nc(N)cc(C)c1C(F)(F)F)C2.FC(F)=C1CC2CCCN2C1. The highest BCUT2D eigenvalue weighted by molar-refractivity contribution is 5.52. The maximum atomic E-state index is 13.8. The number of anilines is 2. The fraction of sp³-hybridized carbons (Fsp3) is 0.621. The van der Waals surface area contributed by atoms with Gasteiger partial charge in [0.2, 0.25) is 0 Å². The van der Waals surface area contributed by atoms with Crippen LogP contribution in [0.15, 0.2) is 17.7 Å². The van der Waals surface area contributed by atoms with Crippen LogP contribution >= 0.6 is 0 Å². The van der Waals surface area contributed by atoms with E-state index < -0.39 is 23.9 Å². The van der Waals surface area contributed by atoms with E-state index in [9.17, 15) is 22.0 Å². The van der Waals surface area contributed by atoms with Crippen molar-refractivity contribution >= 4 is 11.6 Å². The molecule has 0 radical (unpaired) electrons. The molecule has 0 bridgehead atoms. The zero-order valence-electron chi connectivity index (χ0n) is 24.5. The van der Waals surface area contributed by atoms with Crippen LogP contribution < -0.4 is 15.4 Å². The minimum atomic E-state index is -4.58. The van der Waals surface area contributed by atoms with Gasteiger partial charge < -0.3 is 24.8 Å². The van der Waals surface area contributed by atoms with Crippen molar-refractivity contribution in [1.82, 2.24) is 19.9 Å². The number of aryl methyl sites for hydroxylation is 1. The number of hydrogen-bond acceptors (Lipinski definition) is 9. The lowest BCUT2D eigenvalue weighted by molar-refractivity contribution is -0.140. The summed E-state index contributed by atoms with van der Waals surface area (Å²) in [7, 11) is 1.46. The lowest BCUT2D eigenvalue weighted by Crippen LogP contribution is -2.33. The molecule has 3 unspecified atom stereocenters. The zero-order valence-corrected chi connectivity index (χ0v) is 24.5. The third-order valence-electron chi connectivity index (χ3n) is 8.28. The summed E-state index contributed by atoms with van der Waals surface area (Å²) in [6.45, 7) is 7.61. The smallest absolute Gasteiger partial charge is 0.418 e. The first-order valence-corrected chi connectivity index (χ1v) is 14.4. The Bertz CT molecular complexity index is 1340. The summed E-state index contributed by atoms with van der Waals surface area (Å²) in [6, 6.07) is 1.81. The van der Waals surface area contributed by atoms with E-state index >= 15 is 0 Å². The van der Waals surface area contributed by atoms with E-state index in [1.807, 2.05) is 0 Å². The molecule has 0 spiro atoms. The predicted octanol–water partition coefficient (Wildman–Crippen LogP) is 5.08. The molecule has 3 fully saturated rings. The van der Waals surface area contributed by atoms with Crippen molar-refractivity contribution in [1.29, 1.82) is 0 Å². The normalized spacial score (nSPS) is 24.1. The third-order valence-corrected chi connectivity index (χ3v) is 8.28. The van der Waals surface area contributed by atoms with E-state index in [-0.39, 0.29) is 36.1 Å². The number of ether oxygens (including phenoxy) is 3. The summed E-state index contributed by atoms with van der Waals surface area (Å²) < 4.78 is 82.4. The van der Waals surface area contributed by atoms with Gasteiger partial charge in [0.25, 0.3) is 6.08 Å². The summed E-state index contributed by atoms with van der Waals surface area (Å²) in [5, 5.41) is 0. The number of rotatable bonds is 3. The number of nitrogens with zero attached hydrogens (tertiary/aromatic N) is 5. The Balaban J connectivity index is 0.000000279. The highest BCUT2D eigenvalue weighted by Gasteiger charge is 2.40. The van der Waals surface area contributed by atoms with Gasteiger partial charge in [-0.15, -0.1) is 0 Å². The first kappa shape index (κ1) is 31.3. The van der Waals surface area contributed by atoms with Crippen LogP contribution in [-0.2, 0) is 28.7 Å². The van der Waals surface area contributed by atoms with Gasteiger partial charge in [-0.25, -0.2) is 4.98 Å². The van der Waals surface area contributed by atoms with Crippen LogP contribution in [-0.4, -0.2) is 72.4 Å². The summed E-state index contributed by atoms with van der Waals surface area (Å²) in [5.74, 6) is 0.968. The monoisotopic (exact) mass is 612 g/mol. The van der Waals surface area contributed by atoms with E-state index in [0.717, 1.165) is 25.1 Å². The van der Waals surface area contributed by atoms with E-state index in [4.69, 9.17) is 19.9 Å². The average Bonchev–Trinajstić information content (AvgIpc) is 3.49. The standard InChI is InChI=1S/C21H26F3N5O3.C8H11F2N/c1-11-8-29(4-5-31-9-11)19-13-10-32-15(7-14(13)26-20(28-19)30-3)18-17(21(22,23)24)12(2)6-16(25)27-18;9-8(10)6-4-7-2-1-3-11(7)5-6/h6,11,15H,4-5,7-10H2,1-3H3,(H2,25,27);7H,1-5H2. The molecule has 2 aromatic heterocycles. The van der Waals surface area contributed by atoms with Gasteiger partial charge in [0.1, 0.15) is 17.7 Å². The number of methoxy groups -OCH3 is 1. The maximum absolute atomic E-state index is 13.8. The maximum Gasteiger partial charge on any atom is 0.418 e. The molecule has 43 heavy (non-hydrogen) atoms. The molecule has 6 heterocycles. The van der Waals surface area contributed by atoms with Gasteiger partial charge in [0.15, 0.2) is 0 Å². The molecule has 4 aliphatic heterocycles. The Morgan fingerprint density at radius 3 is 2.63 bits per heavy atom. The van der Waals surface area contributed by atoms with Gasteiger partial charge >= 0.3 is 12.2 Å². The Labute approximate surface area is 247 Å². The van der Waals surface area contributed by atoms with Gasteiger partial charge in [-0.3, -0.25) is 4.90 Å². The van der Waals surface area contributed by atoms with Crippen LogP contribution in [0.25, 0.3) is 0 Å². The second-order valence-electron chi connectivity index (χ2n) is 11.5. The molecule has 6 rings (SSSR count). The molecule has 0 saturated carbocycles. The van der Waals surface area contributed by atoms with Gasteiger partial charge in [0.05, 0.1) is 43.9 Å². The Kier molecular flexibility index (Phi) is 9.37. The van der Waals surface area contributed by atoms with Crippen molar-refractivity contribution in [3.63, 3.8) is 0 Å². The molecule has 2 aromatic rings. The number of hydrogen-bond donors (Lipinski definition) is 1. The van der Waals surface area contributed by atoms with Crippen molar-refractivity contribution in [2.24, 2.45) is 5.92 Å². The zero-order chi connectivity index (χ0) is 30.9. The molecule has 0 aliphatic carbocycles. The lowest BCUT2D eigenvalue weighted by atomic mass is 9.96. The van der Waals surface area contributed by atoms with Crippen molar-refractivity contribution < 1.29 is 36.2 Å². The van der Waals surface area contributed by atoms with E-state index in [0.29, 0.717) is 61.8 Å². The Morgan fingerprint density at radius 1 is 1.14 bits per heavy atom. The summed E-state index contributed by atoms with van der Waals surface area (Å²) in [5.41, 5.74) is 6.42. The number of alkyl halides is 3. The topological polar surface area (TPSA) is 98.9 Å². The summed E-state index contributed by atoms with van der Waals surface area (Å²) in [4.78, 5) is 17.2. The lowest BCUT2D eigenvalue weighted by Gasteiger charge is -2.31. The van der Waals surface area contributed by atoms with Crippen molar-refractivity contribution in [2.75, 3.05) is 57.1 Å². The number of nitrogen functional groups attached to an aromatic ring is 1. The third kappa shape index (κ3) is 7.01. The van der Waals surface area contributed by atoms with Crippen LogP contribution in [0.1, 0.15) is 60.4 Å². The highest BCUT2D eigenvalue weighted by Crippen LogP contribution is 2.42. The molecular formula is C29H37F5N6O3. The number of fused-ring (bicyclic) bond motifs is 2. The minimum Gasteiger partial charge on any atom is -0.467 e. The van der Waals surface area contributed by atoms with E-state index in [1.165, 1.54) is 26.5 Å². The first-order valence-electron chi connectivity index (χ1n) is 14.4. The summed E-state index contributed by atoms with van der Waals surface area (Å²) >= 11 is 0. The van der Waals surface area contributed by atoms with Gasteiger partial charge in [-0.2, -0.15) is 31.9 Å². The molecule has 3 saturated heterocycles. The Morgan fingerprint density at radius 2 is 1.93 bits per heavy atom. The number of pyridine rings is 1. The second kappa shape index (κ2) is 12.9. The van der Waals surface area contributed by atoms with E-state index in [1.54, 1.807) is 0 Å². The number of nitrogens with two attached hydrogens (primary N) is 1. The van der Waals surface area contributed by atoms with Gasteiger partial charge in [-0.05, 0) is 50.3 Å². The minimum absolute atomic E-state index is 0.00825. The van der Waals surface area contributed by atoms with Gasteiger partial charge in [-0.1, -0.05) is 6.92 Å². The van der Waals surface area contributed by atoms with Crippen LogP contribution in [0.5, 0.6) is 6.01 Å². The fourth-order valence-corrected chi connectivity index (χ4v) is 6.32. The van der Waals surface area contributed by atoms with Crippen molar-refractivity contribution in [2.45, 2.75) is 64.5 Å². The molecule has 0 amide bonds. The molecule has 236 valence electrons. The quantitative estimate of drug-likeness (QED) is 0.476. The number of aromatic nitrogens is 3. The molecule has 14 heteroatoms. The van der Waals surface area contributed by atoms with Crippen molar-refractivity contribution in [3.8, 4) is 6.01 Å².